The number of hydrogen-bond donors (Lipinski definition) is 2. The van der Waals surface area contributed by atoms with Gasteiger partial charge >= 0.3 is 5.97 Å². The number of benzene rings is 3. The number of anilines is 3. The van der Waals surface area contributed by atoms with Crippen molar-refractivity contribution in [2.24, 2.45) is 0 Å². The molecule has 0 radical (unpaired) electrons. The summed E-state index contributed by atoms with van der Waals surface area (Å²) in [5, 5.41) is 4.15. The average molecular weight is 619 g/mol. The van der Waals surface area contributed by atoms with Crippen LogP contribution in [0.3, 0.4) is 0 Å². The number of carbonyl (C=O) groups excluding carboxylic acids is 4. The Bertz CT molecular complexity index is 1690. The van der Waals surface area contributed by atoms with Gasteiger partial charge in [-0.25, -0.2) is 14.7 Å². The molecule has 0 saturated carbocycles. The predicted molar refractivity (Wildman–Crippen MR) is 164 cm³/mol. The maximum absolute atomic E-state index is 13.0. The number of nitrogen functional groups attached to an aromatic ring is 1. The van der Waals surface area contributed by atoms with Crippen LogP contribution in [0.25, 0.3) is 11.3 Å². The molecule has 3 N–H and O–H groups in total. The summed E-state index contributed by atoms with van der Waals surface area (Å²) in [6.45, 7) is -0.530. The molecule has 1 saturated heterocycles. The highest BCUT2D eigenvalue weighted by molar-refractivity contribution is 8.00. The number of amides is 3. The van der Waals surface area contributed by atoms with Crippen molar-refractivity contribution in [3.8, 4) is 22.8 Å². The zero-order valence-corrected chi connectivity index (χ0v) is 24.7. The van der Waals surface area contributed by atoms with Gasteiger partial charge in [0, 0.05) is 27.9 Å². The number of nitrogens with two attached hydrogens (primary N) is 1. The monoisotopic (exact) mass is 618 g/mol. The van der Waals surface area contributed by atoms with Crippen LogP contribution < -0.4 is 25.4 Å². The molecular formula is C30H26N4O7S2. The zero-order valence-electron chi connectivity index (χ0n) is 23.1. The first-order valence-corrected chi connectivity index (χ1v) is 14.7. The number of hydrogen-bond acceptors (Lipinski definition) is 11. The molecule has 0 aliphatic carbocycles. The van der Waals surface area contributed by atoms with Gasteiger partial charge < -0.3 is 19.9 Å². The summed E-state index contributed by atoms with van der Waals surface area (Å²) in [6.07, 6.45) is 0.0477. The molecule has 1 aliphatic heterocycles. The second-order valence-electron chi connectivity index (χ2n) is 9.23. The van der Waals surface area contributed by atoms with Crippen LogP contribution in [0.5, 0.6) is 11.5 Å². The van der Waals surface area contributed by atoms with Crippen LogP contribution in [-0.2, 0) is 19.1 Å². The van der Waals surface area contributed by atoms with Crippen LogP contribution in [0, 0.1) is 0 Å². The molecule has 1 aliphatic rings. The van der Waals surface area contributed by atoms with Crippen molar-refractivity contribution in [3.63, 3.8) is 0 Å². The number of rotatable bonds is 10. The van der Waals surface area contributed by atoms with Crippen LogP contribution in [0.2, 0.25) is 0 Å². The minimum atomic E-state index is -0.735. The maximum Gasteiger partial charge on any atom is 0.338 e. The molecule has 3 aromatic carbocycles. The summed E-state index contributed by atoms with van der Waals surface area (Å²) in [7, 11) is 3.09. The lowest BCUT2D eigenvalue weighted by Gasteiger charge is -2.15. The quantitative estimate of drug-likeness (QED) is 0.146. The highest BCUT2D eigenvalue weighted by Gasteiger charge is 2.40. The van der Waals surface area contributed by atoms with E-state index < -0.39 is 23.7 Å². The normalized spacial score (nSPS) is 14.5. The third kappa shape index (κ3) is 6.79. The molecule has 1 aromatic heterocycles. The van der Waals surface area contributed by atoms with Gasteiger partial charge in [0.1, 0.15) is 0 Å². The molecule has 220 valence electrons. The van der Waals surface area contributed by atoms with Crippen molar-refractivity contribution in [1.82, 2.24) is 4.98 Å². The Hall–Kier alpha value is -4.88. The molecule has 2 heterocycles. The van der Waals surface area contributed by atoms with E-state index in [-0.39, 0.29) is 23.8 Å². The lowest BCUT2D eigenvalue weighted by atomic mass is 10.1. The smallest absolute Gasteiger partial charge is 0.338 e. The molecule has 13 heteroatoms. The predicted octanol–water partition coefficient (Wildman–Crippen LogP) is 4.63. The largest absolute Gasteiger partial charge is 0.493 e. The van der Waals surface area contributed by atoms with E-state index in [1.54, 1.807) is 42.8 Å². The molecule has 1 fully saturated rings. The summed E-state index contributed by atoms with van der Waals surface area (Å²) in [4.78, 5) is 56.9. The van der Waals surface area contributed by atoms with E-state index in [0.29, 0.717) is 33.7 Å². The number of carbonyl (C=O) groups is 4. The molecule has 1 unspecified atom stereocenters. The van der Waals surface area contributed by atoms with Gasteiger partial charge in [-0.1, -0.05) is 6.07 Å². The number of methoxy groups -OCH3 is 2. The Labute approximate surface area is 255 Å². The first-order chi connectivity index (χ1) is 20.7. The summed E-state index contributed by atoms with van der Waals surface area (Å²) in [6, 6.07) is 18.3. The SMILES string of the molecule is COc1ccc(-c2csc(NC(=O)COC(=O)c3ccc(N4C(=O)CC(Sc5cccc(N)c5)C4=O)cc3)n2)cc1OC. The lowest BCUT2D eigenvalue weighted by molar-refractivity contribution is -0.121. The molecule has 11 nitrogen and oxygen atoms in total. The van der Waals surface area contributed by atoms with Crippen molar-refractivity contribution in [2.45, 2.75) is 16.6 Å². The summed E-state index contributed by atoms with van der Waals surface area (Å²) >= 11 is 2.50. The van der Waals surface area contributed by atoms with Gasteiger partial charge in [-0.05, 0) is 60.7 Å². The Balaban J connectivity index is 1.14. The molecule has 0 spiro atoms. The average Bonchev–Trinajstić information content (AvgIpc) is 3.58. The van der Waals surface area contributed by atoms with E-state index in [1.165, 1.54) is 54.5 Å². The number of nitrogens with zero attached hydrogens (tertiary/aromatic N) is 2. The minimum absolute atomic E-state index is 0.0477. The Morgan fingerprint density at radius 3 is 2.53 bits per heavy atom. The molecule has 43 heavy (non-hydrogen) atoms. The fraction of sp³-hybridized carbons (Fsp3) is 0.167. The number of nitrogens with one attached hydrogen (secondary N) is 1. The van der Waals surface area contributed by atoms with Crippen molar-refractivity contribution in [2.75, 3.05) is 36.8 Å². The lowest BCUT2D eigenvalue weighted by Crippen LogP contribution is -2.31. The Morgan fingerprint density at radius 2 is 1.81 bits per heavy atom. The topological polar surface area (TPSA) is 150 Å². The van der Waals surface area contributed by atoms with E-state index in [4.69, 9.17) is 19.9 Å². The van der Waals surface area contributed by atoms with E-state index in [2.05, 4.69) is 10.3 Å². The summed E-state index contributed by atoms with van der Waals surface area (Å²) in [5.74, 6) is -0.844. The van der Waals surface area contributed by atoms with E-state index in [0.717, 1.165) is 15.4 Å². The van der Waals surface area contributed by atoms with Crippen LogP contribution in [0.4, 0.5) is 16.5 Å². The first kappa shape index (κ1) is 29.6. The third-order valence-electron chi connectivity index (χ3n) is 6.37. The van der Waals surface area contributed by atoms with Crippen LogP contribution in [0.1, 0.15) is 16.8 Å². The van der Waals surface area contributed by atoms with E-state index in [9.17, 15) is 19.2 Å². The molecule has 5 rings (SSSR count). The van der Waals surface area contributed by atoms with Gasteiger partial charge in [0.15, 0.2) is 23.2 Å². The standard InChI is InChI=1S/C30H26N4O7S2/c1-39-23-11-8-18(12-24(23)40-2)22-16-42-30(32-22)33-26(35)15-41-29(38)17-6-9-20(10-7-17)34-27(36)14-25(28(34)37)43-21-5-3-4-19(31)13-21/h3-13,16,25H,14-15,31H2,1-2H3,(H,32,33,35). The number of thiazole rings is 1. The molecule has 3 amide bonds. The summed E-state index contributed by atoms with van der Waals surface area (Å²) < 4.78 is 15.7. The fourth-order valence-electron chi connectivity index (χ4n) is 4.30. The van der Waals surface area contributed by atoms with Gasteiger partial charge in [-0.15, -0.1) is 23.1 Å². The van der Waals surface area contributed by atoms with Crippen molar-refractivity contribution in [3.05, 3.63) is 77.7 Å². The highest BCUT2D eigenvalue weighted by atomic mass is 32.2. The molecular weight excluding hydrogens is 592 g/mol. The van der Waals surface area contributed by atoms with Gasteiger partial charge in [0.05, 0.1) is 36.4 Å². The zero-order chi connectivity index (χ0) is 30.5. The van der Waals surface area contributed by atoms with Gasteiger partial charge in [0.2, 0.25) is 11.8 Å². The first-order valence-electron chi connectivity index (χ1n) is 12.9. The minimum Gasteiger partial charge on any atom is -0.493 e. The number of ether oxygens (including phenoxy) is 3. The Morgan fingerprint density at radius 1 is 1.05 bits per heavy atom. The van der Waals surface area contributed by atoms with E-state index >= 15 is 0 Å². The van der Waals surface area contributed by atoms with Gasteiger partial charge in [-0.3, -0.25) is 19.7 Å². The highest BCUT2D eigenvalue weighted by Crippen LogP contribution is 2.35. The number of imide groups is 1. The Kier molecular flexibility index (Phi) is 8.93. The fourth-order valence-corrected chi connectivity index (χ4v) is 6.15. The maximum atomic E-state index is 13.0. The van der Waals surface area contributed by atoms with Gasteiger partial charge in [-0.2, -0.15) is 0 Å². The van der Waals surface area contributed by atoms with Crippen molar-refractivity contribution in [1.29, 1.82) is 0 Å². The van der Waals surface area contributed by atoms with Crippen LogP contribution >= 0.6 is 23.1 Å². The third-order valence-corrected chi connectivity index (χ3v) is 8.30. The van der Waals surface area contributed by atoms with Crippen molar-refractivity contribution < 1.29 is 33.4 Å². The molecule has 1 atom stereocenters. The second-order valence-corrected chi connectivity index (χ2v) is 11.4. The van der Waals surface area contributed by atoms with Crippen molar-refractivity contribution >= 4 is 63.3 Å². The van der Waals surface area contributed by atoms with E-state index in [1.807, 2.05) is 12.1 Å². The number of thioether (sulfide) groups is 1. The second kappa shape index (κ2) is 13.0. The molecule has 4 aromatic rings. The van der Waals surface area contributed by atoms with Gasteiger partial charge in [0.25, 0.3) is 5.91 Å². The van der Waals surface area contributed by atoms with Crippen LogP contribution in [0.15, 0.2) is 77.0 Å². The van der Waals surface area contributed by atoms with Crippen LogP contribution in [-0.4, -0.2) is 54.8 Å². The number of esters is 1. The number of aromatic nitrogens is 1. The summed E-state index contributed by atoms with van der Waals surface area (Å²) in [5.41, 5.74) is 8.29. The molecule has 0 bridgehead atoms.